The van der Waals surface area contributed by atoms with Crippen LogP contribution in [-0.4, -0.2) is 18.4 Å². The van der Waals surface area contributed by atoms with Gasteiger partial charge in [0.05, 0.1) is 0 Å². The van der Waals surface area contributed by atoms with Crippen molar-refractivity contribution in [2.24, 2.45) is 0 Å². The summed E-state index contributed by atoms with van der Waals surface area (Å²) < 4.78 is 0.921. The highest BCUT2D eigenvalue weighted by atomic mass is 79.9. The molecule has 126 valence electrons. The third-order valence-corrected chi connectivity index (χ3v) is 4.21. The molecule has 0 unspecified atom stereocenters. The van der Waals surface area contributed by atoms with Crippen LogP contribution in [0.2, 0.25) is 0 Å². The highest BCUT2D eigenvalue weighted by Crippen LogP contribution is 2.20. The predicted molar refractivity (Wildman–Crippen MR) is 101 cm³/mol. The summed E-state index contributed by atoms with van der Waals surface area (Å²) in [5.41, 5.74) is 2.63. The van der Waals surface area contributed by atoms with Gasteiger partial charge in [-0.15, -0.1) is 0 Å². The standard InChI is InChI=1S/C19H21BrN2O2/c1-13(2)15-4-8-17(9-5-15)21-19(24)12-22(14(3)23)18-10-6-16(20)7-11-18/h4-11,13H,12H2,1-3H3,(H,21,24). The average molecular weight is 389 g/mol. The van der Waals surface area contributed by atoms with Gasteiger partial charge in [0.25, 0.3) is 0 Å². The zero-order valence-electron chi connectivity index (χ0n) is 14.0. The SMILES string of the molecule is CC(=O)N(CC(=O)Nc1ccc(C(C)C)cc1)c1ccc(Br)cc1. The third-order valence-electron chi connectivity index (χ3n) is 3.68. The Morgan fingerprint density at radius 3 is 2.12 bits per heavy atom. The van der Waals surface area contributed by atoms with E-state index in [0.717, 1.165) is 10.2 Å². The van der Waals surface area contributed by atoms with Gasteiger partial charge in [0.1, 0.15) is 6.54 Å². The third kappa shape index (κ3) is 4.93. The molecule has 2 amide bonds. The first-order valence-corrected chi connectivity index (χ1v) is 8.59. The molecule has 0 atom stereocenters. The second kappa shape index (κ2) is 8.11. The van der Waals surface area contributed by atoms with E-state index in [1.165, 1.54) is 17.4 Å². The first kappa shape index (κ1) is 18.2. The fourth-order valence-corrected chi connectivity index (χ4v) is 2.57. The molecule has 2 aromatic carbocycles. The molecule has 2 aromatic rings. The molecule has 4 nitrogen and oxygen atoms in total. The van der Waals surface area contributed by atoms with Crippen LogP contribution >= 0.6 is 15.9 Å². The molecule has 5 heteroatoms. The fraction of sp³-hybridized carbons (Fsp3) is 0.263. The Labute approximate surface area is 151 Å². The van der Waals surface area contributed by atoms with Crippen molar-refractivity contribution in [3.63, 3.8) is 0 Å². The summed E-state index contributed by atoms with van der Waals surface area (Å²) in [4.78, 5) is 25.6. The van der Waals surface area contributed by atoms with E-state index in [1.807, 2.05) is 36.4 Å². The van der Waals surface area contributed by atoms with Crippen LogP contribution in [0, 0.1) is 0 Å². The maximum atomic E-state index is 12.3. The van der Waals surface area contributed by atoms with Gasteiger partial charge >= 0.3 is 0 Å². The molecular formula is C19H21BrN2O2. The molecule has 0 saturated carbocycles. The van der Waals surface area contributed by atoms with E-state index >= 15 is 0 Å². The van der Waals surface area contributed by atoms with Crippen LogP contribution < -0.4 is 10.2 Å². The van der Waals surface area contributed by atoms with E-state index in [0.29, 0.717) is 11.6 Å². The Morgan fingerprint density at radius 1 is 1.04 bits per heavy atom. The molecule has 0 aliphatic carbocycles. The van der Waals surface area contributed by atoms with Crippen LogP contribution in [0.3, 0.4) is 0 Å². The summed E-state index contributed by atoms with van der Waals surface area (Å²) in [5, 5.41) is 2.83. The summed E-state index contributed by atoms with van der Waals surface area (Å²) in [6, 6.07) is 15.0. The minimum Gasteiger partial charge on any atom is -0.325 e. The van der Waals surface area contributed by atoms with Crippen molar-refractivity contribution in [1.29, 1.82) is 0 Å². The van der Waals surface area contributed by atoms with Gasteiger partial charge in [-0.1, -0.05) is 41.9 Å². The molecule has 24 heavy (non-hydrogen) atoms. The highest BCUT2D eigenvalue weighted by Gasteiger charge is 2.16. The smallest absolute Gasteiger partial charge is 0.244 e. The number of hydrogen-bond acceptors (Lipinski definition) is 2. The Hall–Kier alpha value is -2.14. The Bertz CT molecular complexity index is 709. The van der Waals surface area contributed by atoms with Crippen LogP contribution in [0.25, 0.3) is 0 Å². The van der Waals surface area contributed by atoms with Gasteiger partial charge in [-0.05, 0) is 47.9 Å². The Kier molecular flexibility index (Phi) is 6.15. The lowest BCUT2D eigenvalue weighted by Crippen LogP contribution is -2.36. The number of hydrogen-bond donors (Lipinski definition) is 1. The normalized spacial score (nSPS) is 10.5. The Morgan fingerprint density at radius 2 is 1.62 bits per heavy atom. The van der Waals surface area contributed by atoms with Crippen molar-refractivity contribution in [1.82, 2.24) is 0 Å². The van der Waals surface area contributed by atoms with Crippen LogP contribution in [0.5, 0.6) is 0 Å². The quantitative estimate of drug-likeness (QED) is 0.815. The minimum atomic E-state index is -0.231. The van der Waals surface area contributed by atoms with Crippen molar-refractivity contribution in [3.8, 4) is 0 Å². The zero-order chi connectivity index (χ0) is 17.7. The minimum absolute atomic E-state index is 0.0249. The monoisotopic (exact) mass is 388 g/mol. The average Bonchev–Trinajstić information content (AvgIpc) is 2.54. The predicted octanol–water partition coefficient (Wildman–Crippen LogP) is 4.56. The van der Waals surface area contributed by atoms with Gasteiger partial charge < -0.3 is 10.2 Å². The van der Waals surface area contributed by atoms with Crippen LogP contribution in [0.4, 0.5) is 11.4 Å². The second-order valence-corrected chi connectivity index (χ2v) is 6.82. The lowest BCUT2D eigenvalue weighted by atomic mass is 10.0. The van der Waals surface area contributed by atoms with E-state index in [-0.39, 0.29) is 18.4 Å². The summed E-state index contributed by atoms with van der Waals surface area (Å²) in [6.07, 6.45) is 0. The van der Waals surface area contributed by atoms with Crippen molar-refractivity contribution in [2.75, 3.05) is 16.8 Å². The highest BCUT2D eigenvalue weighted by molar-refractivity contribution is 9.10. The molecule has 0 radical (unpaired) electrons. The number of carbonyl (C=O) groups excluding carboxylic acids is 2. The largest absolute Gasteiger partial charge is 0.325 e. The maximum absolute atomic E-state index is 12.3. The van der Waals surface area contributed by atoms with Gasteiger partial charge in [0.15, 0.2) is 0 Å². The maximum Gasteiger partial charge on any atom is 0.244 e. The molecule has 0 bridgehead atoms. The van der Waals surface area contributed by atoms with Crippen molar-refractivity contribution < 1.29 is 9.59 Å². The number of halogens is 1. The van der Waals surface area contributed by atoms with Gasteiger partial charge in [0, 0.05) is 22.8 Å². The van der Waals surface area contributed by atoms with E-state index in [4.69, 9.17) is 0 Å². The fourth-order valence-electron chi connectivity index (χ4n) is 2.30. The van der Waals surface area contributed by atoms with Crippen molar-refractivity contribution in [2.45, 2.75) is 26.7 Å². The number of rotatable bonds is 5. The molecule has 1 N–H and O–H groups in total. The molecule has 0 aromatic heterocycles. The second-order valence-electron chi connectivity index (χ2n) is 5.91. The van der Waals surface area contributed by atoms with E-state index in [9.17, 15) is 9.59 Å². The molecule has 0 spiro atoms. The van der Waals surface area contributed by atoms with Gasteiger partial charge in [0.2, 0.25) is 11.8 Å². The summed E-state index contributed by atoms with van der Waals surface area (Å²) in [7, 11) is 0. The number of anilines is 2. The van der Waals surface area contributed by atoms with E-state index in [1.54, 1.807) is 12.1 Å². The molecule has 0 heterocycles. The first-order chi connectivity index (χ1) is 11.4. The topological polar surface area (TPSA) is 49.4 Å². The molecule has 0 saturated heterocycles. The lowest BCUT2D eigenvalue weighted by Gasteiger charge is -2.21. The molecular weight excluding hydrogens is 368 g/mol. The Balaban J connectivity index is 2.05. The van der Waals surface area contributed by atoms with Crippen molar-refractivity contribution in [3.05, 3.63) is 58.6 Å². The molecule has 0 aliphatic rings. The zero-order valence-corrected chi connectivity index (χ0v) is 15.6. The van der Waals surface area contributed by atoms with Gasteiger partial charge in [-0.2, -0.15) is 0 Å². The number of nitrogens with zero attached hydrogens (tertiary/aromatic N) is 1. The molecule has 2 rings (SSSR count). The molecule has 0 fully saturated rings. The summed E-state index contributed by atoms with van der Waals surface area (Å²) in [6.45, 7) is 5.67. The number of benzene rings is 2. The lowest BCUT2D eigenvalue weighted by molar-refractivity contribution is -0.120. The van der Waals surface area contributed by atoms with Gasteiger partial charge in [-0.25, -0.2) is 0 Å². The molecule has 0 aliphatic heterocycles. The number of amides is 2. The van der Waals surface area contributed by atoms with Crippen LogP contribution in [-0.2, 0) is 9.59 Å². The van der Waals surface area contributed by atoms with E-state index < -0.39 is 0 Å². The van der Waals surface area contributed by atoms with Crippen molar-refractivity contribution >= 4 is 39.1 Å². The first-order valence-electron chi connectivity index (χ1n) is 7.80. The van der Waals surface area contributed by atoms with Crippen LogP contribution in [0.1, 0.15) is 32.3 Å². The van der Waals surface area contributed by atoms with E-state index in [2.05, 4.69) is 35.1 Å². The van der Waals surface area contributed by atoms with Crippen LogP contribution in [0.15, 0.2) is 53.0 Å². The number of nitrogens with one attached hydrogen (secondary N) is 1. The summed E-state index contributed by atoms with van der Waals surface area (Å²) in [5.74, 6) is 0.0356. The number of carbonyl (C=O) groups is 2. The summed E-state index contributed by atoms with van der Waals surface area (Å²) >= 11 is 3.36. The van der Waals surface area contributed by atoms with Gasteiger partial charge in [-0.3, -0.25) is 9.59 Å².